The highest BCUT2D eigenvalue weighted by atomic mass is 16.5. The number of para-hydroxylation sites is 1. The second kappa shape index (κ2) is 10.2. The number of hydrogen-bond acceptors (Lipinski definition) is 3. The monoisotopic (exact) mass is 485 g/mol. The van der Waals surface area contributed by atoms with E-state index in [0.29, 0.717) is 13.2 Å². The highest BCUT2D eigenvalue weighted by Gasteiger charge is 2.40. The van der Waals surface area contributed by atoms with Gasteiger partial charge in [-0.1, -0.05) is 61.7 Å². The number of benzene rings is 2. The van der Waals surface area contributed by atoms with Crippen LogP contribution in [0.4, 0.5) is 4.79 Å². The van der Waals surface area contributed by atoms with Gasteiger partial charge in [0.15, 0.2) is 0 Å². The second-order valence-electron chi connectivity index (χ2n) is 10.1. The van der Waals surface area contributed by atoms with Gasteiger partial charge in [0.25, 0.3) is 0 Å². The fraction of sp³-hybridized carbons (Fsp3) is 0.400. The first kappa shape index (κ1) is 24.2. The van der Waals surface area contributed by atoms with Crippen molar-refractivity contribution >= 4 is 12.0 Å². The minimum absolute atomic E-state index is 0.140. The zero-order valence-electron chi connectivity index (χ0n) is 21.2. The summed E-state index contributed by atoms with van der Waals surface area (Å²) in [7, 11) is 0. The summed E-state index contributed by atoms with van der Waals surface area (Å²) >= 11 is 0. The van der Waals surface area contributed by atoms with Crippen LogP contribution in [0.25, 0.3) is 5.69 Å². The van der Waals surface area contributed by atoms with Crippen LogP contribution in [0.2, 0.25) is 0 Å². The van der Waals surface area contributed by atoms with Gasteiger partial charge in [0.05, 0.1) is 30.8 Å². The van der Waals surface area contributed by atoms with E-state index in [4.69, 9.17) is 4.74 Å². The number of amides is 2. The van der Waals surface area contributed by atoms with Gasteiger partial charge >= 0.3 is 12.0 Å². The van der Waals surface area contributed by atoms with E-state index < -0.39 is 5.54 Å². The molecule has 1 aliphatic carbocycles. The van der Waals surface area contributed by atoms with Gasteiger partial charge in [0.1, 0.15) is 6.04 Å². The Labute approximate surface area is 213 Å². The van der Waals surface area contributed by atoms with E-state index in [1.54, 1.807) is 0 Å². The standard InChI is InChI=1S/C30H35N3O3/c1-3-36-27(34)20-30(17-9-4-10-18-30)31-29(35)33-21-23-13-6-8-15-25(23)32-19-11-16-26(32)28(33)24-14-7-5-12-22(24)2/h5-8,11-16,19,28H,3-4,9-10,17-18,20-21H2,1-2H3,(H,31,35)/t28-/m0/s1. The van der Waals surface area contributed by atoms with Crippen molar-refractivity contribution in [2.45, 2.75) is 70.5 Å². The van der Waals surface area contributed by atoms with Gasteiger partial charge in [-0.3, -0.25) is 4.79 Å². The maximum Gasteiger partial charge on any atom is 0.318 e. The molecule has 2 heterocycles. The zero-order valence-corrected chi connectivity index (χ0v) is 21.2. The van der Waals surface area contributed by atoms with E-state index in [2.05, 4.69) is 53.3 Å². The number of aromatic nitrogens is 1. The minimum Gasteiger partial charge on any atom is -0.466 e. The summed E-state index contributed by atoms with van der Waals surface area (Å²) in [6.45, 7) is 4.73. The van der Waals surface area contributed by atoms with E-state index in [-0.39, 0.29) is 24.5 Å². The highest BCUT2D eigenvalue weighted by Crippen LogP contribution is 2.39. The third kappa shape index (κ3) is 4.64. The Morgan fingerprint density at radius 1 is 1.00 bits per heavy atom. The Kier molecular flexibility index (Phi) is 6.86. The van der Waals surface area contributed by atoms with E-state index in [1.165, 1.54) is 0 Å². The molecule has 1 aromatic heterocycles. The number of nitrogens with zero attached hydrogens (tertiary/aromatic N) is 2. The topological polar surface area (TPSA) is 63.6 Å². The lowest BCUT2D eigenvalue weighted by atomic mass is 9.79. The molecule has 0 saturated heterocycles. The van der Waals surface area contributed by atoms with E-state index >= 15 is 0 Å². The van der Waals surface area contributed by atoms with Crippen LogP contribution in [-0.2, 0) is 16.1 Å². The minimum atomic E-state index is -0.578. The molecule has 5 rings (SSSR count). The van der Waals surface area contributed by atoms with Crippen LogP contribution in [0.5, 0.6) is 0 Å². The van der Waals surface area contributed by atoms with Gasteiger partial charge in [-0.05, 0) is 61.6 Å². The quantitative estimate of drug-likeness (QED) is 0.447. The van der Waals surface area contributed by atoms with Crippen LogP contribution in [0.15, 0.2) is 66.9 Å². The van der Waals surface area contributed by atoms with Gasteiger partial charge in [-0.15, -0.1) is 0 Å². The van der Waals surface area contributed by atoms with Gasteiger partial charge < -0.3 is 19.5 Å². The molecule has 1 aliphatic heterocycles. The van der Waals surface area contributed by atoms with Gasteiger partial charge in [0, 0.05) is 11.9 Å². The third-order valence-corrected chi connectivity index (χ3v) is 7.68. The molecule has 0 unspecified atom stereocenters. The summed E-state index contributed by atoms with van der Waals surface area (Å²) in [5.41, 5.74) is 4.88. The van der Waals surface area contributed by atoms with Crippen LogP contribution in [-0.4, -0.2) is 33.6 Å². The summed E-state index contributed by atoms with van der Waals surface area (Å²) in [5.74, 6) is -0.245. The average Bonchev–Trinajstić information content (AvgIpc) is 3.30. The molecular formula is C30H35N3O3. The summed E-state index contributed by atoms with van der Waals surface area (Å²) in [6, 6.07) is 20.3. The van der Waals surface area contributed by atoms with Crippen LogP contribution < -0.4 is 5.32 Å². The van der Waals surface area contributed by atoms with Crippen molar-refractivity contribution in [1.29, 1.82) is 0 Å². The molecule has 1 N–H and O–H groups in total. The Hall–Kier alpha value is -3.54. The number of hydrogen-bond donors (Lipinski definition) is 1. The smallest absolute Gasteiger partial charge is 0.318 e. The Bertz CT molecular complexity index is 1240. The van der Waals surface area contributed by atoms with Gasteiger partial charge in [0.2, 0.25) is 0 Å². The molecule has 1 saturated carbocycles. The van der Waals surface area contributed by atoms with Crippen molar-refractivity contribution in [3.8, 4) is 5.69 Å². The third-order valence-electron chi connectivity index (χ3n) is 7.68. The lowest BCUT2D eigenvalue weighted by Crippen LogP contribution is -2.55. The van der Waals surface area contributed by atoms with Crippen LogP contribution in [0, 0.1) is 6.92 Å². The van der Waals surface area contributed by atoms with Gasteiger partial charge in [-0.25, -0.2) is 4.79 Å². The van der Waals surface area contributed by atoms with Crippen molar-refractivity contribution < 1.29 is 14.3 Å². The predicted molar refractivity (Wildman–Crippen MR) is 140 cm³/mol. The second-order valence-corrected chi connectivity index (χ2v) is 10.1. The van der Waals surface area contributed by atoms with Gasteiger partial charge in [-0.2, -0.15) is 0 Å². The van der Waals surface area contributed by atoms with Crippen LogP contribution >= 0.6 is 0 Å². The molecule has 1 fully saturated rings. The lowest BCUT2D eigenvalue weighted by Gasteiger charge is -2.40. The molecule has 2 aliphatic rings. The Balaban J connectivity index is 1.57. The number of carbonyl (C=O) groups excluding carboxylic acids is 2. The number of nitrogens with one attached hydrogen (secondary N) is 1. The predicted octanol–water partition coefficient (Wildman–Crippen LogP) is 6.06. The number of fused-ring (bicyclic) bond motifs is 3. The number of rotatable bonds is 5. The van der Waals surface area contributed by atoms with Crippen molar-refractivity contribution in [2.75, 3.05) is 6.61 Å². The van der Waals surface area contributed by atoms with Crippen molar-refractivity contribution in [2.24, 2.45) is 0 Å². The van der Waals surface area contributed by atoms with Crippen molar-refractivity contribution in [3.05, 3.63) is 89.2 Å². The zero-order chi connectivity index (χ0) is 25.1. The molecule has 188 valence electrons. The Morgan fingerprint density at radius 2 is 1.75 bits per heavy atom. The molecule has 0 spiro atoms. The molecule has 2 aromatic carbocycles. The summed E-state index contributed by atoms with van der Waals surface area (Å²) in [4.78, 5) is 28.8. The number of urea groups is 1. The molecular weight excluding hydrogens is 450 g/mol. The SMILES string of the molecule is CCOC(=O)CC1(NC(=O)N2Cc3ccccc3-n3cccc3[C@@H]2c2ccccc2C)CCCCC1. The van der Waals surface area contributed by atoms with E-state index in [1.807, 2.05) is 42.2 Å². The fourth-order valence-electron chi connectivity index (χ4n) is 5.92. The molecule has 36 heavy (non-hydrogen) atoms. The molecule has 6 nitrogen and oxygen atoms in total. The maximum absolute atomic E-state index is 14.3. The summed E-state index contributed by atoms with van der Waals surface area (Å²) in [5, 5.41) is 3.37. The molecule has 3 aromatic rings. The summed E-state index contributed by atoms with van der Waals surface area (Å²) in [6.07, 6.45) is 6.96. The maximum atomic E-state index is 14.3. The molecule has 6 heteroatoms. The summed E-state index contributed by atoms with van der Waals surface area (Å²) < 4.78 is 7.50. The number of ether oxygens (including phenoxy) is 1. The molecule has 1 atom stereocenters. The van der Waals surface area contributed by atoms with E-state index in [9.17, 15) is 9.59 Å². The number of esters is 1. The normalized spacial score (nSPS) is 18.5. The highest BCUT2D eigenvalue weighted by molar-refractivity contribution is 5.79. The first-order valence-corrected chi connectivity index (χ1v) is 13.1. The number of aryl methyl sites for hydroxylation is 1. The Morgan fingerprint density at radius 3 is 2.53 bits per heavy atom. The van der Waals surface area contributed by atoms with E-state index in [0.717, 1.165) is 60.2 Å². The molecule has 0 radical (unpaired) electrons. The molecule has 0 bridgehead atoms. The fourth-order valence-corrected chi connectivity index (χ4v) is 5.92. The largest absolute Gasteiger partial charge is 0.466 e. The van der Waals surface area contributed by atoms with Crippen molar-refractivity contribution in [3.63, 3.8) is 0 Å². The molecule has 2 amide bonds. The van der Waals surface area contributed by atoms with Crippen LogP contribution in [0.1, 0.15) is 73.9 Å². The first-order chi connectivity index (χ1) is 17.5. The average molecular weight is 486 g/mol. The first-order valence-electron chi connectivity index (χ1n) is 13.1. The van der Waals surface area contributed by atoms with Crippen LogP contribution in [0.3, 0.4) is 0 Å². The number of carbonyl (C=O) groups is 2. The lowest BCUT2D eigenvalue weighted by molar-refractivity contribution is -0.145. The van der Waals surface area contributed by atoms with Crippen molar-refractivity contribution in [1.82, 2.24) is 14.8 Å².